The second-order valence-electron chi connectivity index (χ2n) is 5.21. The molecule has 0 aromatic carbocycles. The minimum atomic E-state index is 0.474. The Morgan fingerprint density at radius 2 is 2.10 bits per heavy atom. The molecule has 0 radical (unpaired) electrons. The molecule has 3 rings (SSSR count). The third-order valence-electron chi connectivity index (χ3n) is 3.85. The summed E-state index contributed by atoms with van der Waals surface area (Å²) in [6.45, 7) is 4.49. The van der Waals surface area contributed by atoms with E-state index in [1.54, 1.807) is 12.7 Å². The lowest BCUT2D eigenvalue weighted by Gasteiger charge is -2.32. The Morgan fingerprint density at radius 1 is 1.29 bits per heavy atom. The topological polar surface area (TPSA) is 69.0 Å². The summed E-state index contributed by atoms with van der Waals surface area (Å²) in [5, 5.41) is 8.19. The van der Waals surface area contributed by atoms with Crippen LogP contribution in [0.1, 0.15) is 31.5 Å². The number of rotatable bonds is 4. The van der Waals surface area contributed by atoms with Gasteiger partial charge in [0.1, 0.15) is 24.3 Å². The van der Waals surface area contributed by atoms with Crippen molar-refractivity contribution >= 4 is 5.82 Å². The van der Waals surface area contributed by atoms with Crippen LogP contribution in [0.25, 0.3) is 0 Å². The molecule has 21 heavy (non-hydrogen) atoms. The second kappa shape index (κ2) is 6.07. The minimum absolute atomic E-state index is 0.474. The quantitative estimate of drug-likeness (QED) is 0.847. The SMILES string of the molecule is CCOc1cc(N2CCC(c3nncn3C)CC2)ncn1. The molecule has 7 nitrogen and oxygen atoms in total. The van der Waals surface area contributed by atoms with Gasteiger partial charge >= 0.3 is 0 Å². The lowest BCUT2D eigenvalue weighted by atomic mass is 9.96. The van der Waals surface area contributed by atoms with Crippen LogP contribution in [0.3, 0.4) is 0 Å². The van der Waals surface area contributed by atoms with E-state index in [1.165, 1.54) is 0 Å². The molecule has 2 aromatic heterocycles. The van der Waals surface area contributed by atoms with E-state index in [1.807, 2.05) is 24.6 Å². The molecule has 112 valence electrons. The van der Waals surface area contributed by atoms with Gasteiger partial charge in [-0.05, 0) is 19.8 Å². The fourth-order valence-corrected chi connectivity index (χ4v) is 2.76. The second-order valence-corrected chi connectivity index (χ2v) is 5.21. The molecular formula is C14H20N6O. The van der Waals surface area contributed by atoms with Crippen molar-refractivity contribution in [2.45, 2.75) is 25.7 Å². The lowest BCUT2D eigenvalue weighted by molar-refractivity contribution is 0.326. The maximum atomic E-state index is 5.43. The average Bonchev–Trinajstić information content (AvgIpc) is 2.94. The van der Waals surface area contributed by atoms with Crippen molar-refractivity contribution in [1.29, 1.82) is 0 Å². The summed E-state index contributed by atoms with van der Waals surface area (Å²) in [5.74, 6) is 3.12. The predicted molar refractivity (Wildman–Crippen MR) is 78.4 cm³/mol. The van der Waals surface area contributed by atoms with Crippen LogP contribution in [0.4, 0.5) is 5.82 Å². The van der Waals surface area contributed by atoms with Crippen molar-refractivity contribution in [1.82, 2.24) is 24.7 Å². The van der Waals surface area contributed by atoms with E-state index in [0.717, 1.165) is 37.6 Å². The zero-order chi connectivity index (χ0) is 14.7. The van der Waals surface area contributed by atoms with Gasteiger partial charge in [0.15, 0.2) is 0 Å². The van der Waals surface area contributed by atoms with Gasteiger partial charge in [-0.1, -0.05) is 0 Å². The molecule has 7 heteroatoms. The van der Waals surface area contributed by atoms with Gasteiger partial charge < -0.3 is 14.2 Å². The van der Waals surface area contributed by atoms with Crippen LogP contribution in [-0.4, -0.2) is 44.4 Å². The van der Waals surface area contributed by atoms with Crippen LogP contribution >= 0.6 is 0 Å². The summed E-state index contributed by atoms with van der Waals surface area (Å²) in [7, 11) is 2.00. The smallest absolute Gasteiger partial charge is 0.218 e. The Hall–Kier alpha value is -2.18. The first-order valence-corrected chi connectivity index (χ1v) is 7.31. The monoisotopic (exact) mass is 288 g/mol. The first-order chi connectivity index (χ1) is 10.3. The molecule has 1 fully saturated rings. The Kier molecular flexibility index (Phi) is 3.98. The third kappa shape index (κ3) is 2.96. The first-order valence-electron chi connectivity index (χ1n) is 7.31. The number of anilines is 1. The largest absolute Gasteiger partial charge is 0.478 e. The zero-order valence-electron chi connectivity index (χ0n) is 12.4. The van der Waals surface area contributed by atoms with Crippen LogP contribution in [0.2, 0.25) is 0 Å². The normalized spacial score (nSPS) is 16.2. The average molecular weight is 288 g/mol. The highest BCUT2D eigenvalue weighted by atomic mass is 16.5. The molecule has 0 unspecified atom stereocenters. The standard InChI is InChI=1S/C14H20N6O/c1-3-21-13-8-12(15-9-16-13)20-6-4-11(5-7-20)14-18-17-10-19(14)2/h8-11H,3-7H2,1-2H3. The van der Waals surface area contributed by atoms with E-state index in [9.17, 15) is 0 Å². The van der Waals surface area contributed by atoms with E-state index < -0.39 is 0 Å². The van der Waals surface area contributed by atoms with Gasteiger partial charge in [0.2, 0.25) is 5.88 Å². The summed E-state index contributed by atoms with van der Waals surface area (Å²) in [5.41, 5.74) is 0. The van der Waals surface area contributed by atoms with Crippen LogP contribution < -0.4 is 9.64 Å². The summed E-state index contributed by atoms with van der Waals surface area (Å²) < 4.78 is 7.45. The Morgan fingerprint density at radius 3 is 2.76 bits per heavy atom. The van der Waals surface area contributed by atoms with E-state index >= 15 is 0 Å². The van der Waals surface area contributed by atoms with Gasteiger partial charge in [0.25, 0.3) is 0 Å². The van der Waals surface area contributed by atoms with E-state index in [4.69, 9.17) is 4.74 Å². The van der Waals surface area contributed by atoms with Crippen LogP contribution in [0.5, 0.6) is 5.88 Å². The summed E-state index contributed by atoms with van der Waals surface area (Å²) in [4.78, 5) is 10.7. The molecule has 0 amide bonds. The van der Waals surface area contributed by atoms with Gasteiger partial charge in [0.05, 0.1) is 6.61 Å². The van der Waals surface area contributed by atoms with Crippen molar-refractivity contribution in [2.75, 3.05) is 24.6 Å². The molecule has 1 saturated heterocycles. The van der Waals surface area contributed by atoms with E-state index in [2.05, 4.69) is 25.1 Å². The van der Waals surface area contributed by atoms with Crippen molar-refractivity contribution in [2.24, 2.45) is 7.05 Å². The molecule has 0 saturated carbocycles. The number of aromatic nitrogens is 5. The molecule has 1 aliphatic rings. The molecule has 0 atom stereocenters. The lowest BCUT2D eigenvalue weighted by Crippen LogP contribution is -2.34. The van der Waals surface area contributed by atoms with Gasteiger partial charge in [0, 0.05) is 32.1 Å². The number of nitrogens with zero attached hydrogens (tertiary/aromatic N) is 6. The molecular weight excluding hydrogens is 268 g/mol. The van der Waals surface area contributed by atoms with E-state index in [-0.39, 0.29) is 0 Å². The third-order valence-corrected chi connectivity index (χ3v) is 3.85. The maximum Gasteiger partial charge on any atom is 0.218 e. The zero-order valence-corrected chi connectivity index (χ0v) is 12.4. The minimum Gasteiger partial charge on any atom is -0.478 e. The van der Waals surface area contributed by atoms with Crippen LogP contribution in [-0.2, 0) is 7.05 Å². The number of hydrogen-bond acceptors (Lipinski definition) is 6. The number of aryl methyl sites for hydroxylation is 1. The molecule has 3 heterocycles. The van der Waals surface area contributed by atoms with Crippen molar-refractivity contribution in [3.8, 4) is 5.88 Å². The van der Waals surface area contributed by atoms with Gasteiger partial charge in [-0.2, -0.15) is 0 Å². The van der Waals surface area contributed by atoms with Crippen molar-refractivity contribution in [3.63, 3.8) is 0 Å². The Balaban J connectivity index is 1.65. The molecule has 0 bridgehead atoms. The molecule has 0 spiro atoms. The van der Waals surface area contributed by atoms with Crippen LogP contribution in [0, 0.1) is 0 Å². The Bertz CT molecular complexity index is 591. The van der Waals surface area contributed by atoms with Gasteiger partial charge in [-0.3, -0.25) is 0 Å². The highest BCUT2D eigenvalue weighted by Gasteiger charge is 2.24. The summed E-state index contributed by atoms with van der Waals surface area (Å²) in [6, 6.07) is 1.91. The summed E-state index contributed by atoms with van der Waals surface area (Å²) >= 11 is 0. The highest BCUT2D eigenvalue weighted by molar-refractivity contribution is 5.41. The molecule has 0 aliphatic carbocycles. The first kappa shape index (κ1) is 13.8. The fourth-order valence-electron chi connectivity index (χ4n) is 2.76. The summed E-state index contributed by atoms with van der Waals surface area (Å²) in [6.07, 6.45) is 5.44. The van der Waals surface area contributed by atoms with Gasteiger partial charge in [-0.15, -0.1) is 10.2 Å². The van der Waals surface area contributed by atoms with Gasteiger partial charge in [-0.25, -0.2) is 9.97 Å². The molecule has 0 N–H and O–H groups in total. The predicted octanol–water partition coefficient (Wildman–Crippen LogP) is 1.39. The number of piperidine rings is 1. The van der Waals surface area contributed by atoms with Crippen molar-refractivity contribution < 1.29 is 4.74 Å². The van der Waals surface area contributed by atoms with E-state index in [0.29, 0.717) is 18.4 Å². The number of ether oxygens (including phenoxy) is 1. The molecule has 1 aliphatic heterocycles. The molecule has 2 aromatic rings. The highest BCUT2D eigenvalue weighted by Crippen LogP contribution is 2.28. The fraction of sp³-hybridized carbons (Fsp3) is 0.571. The number of hydrogen-bond donors (Lipinski definition) is 0. The maximum absolute atomic E-state index is 5.43. The van der Waals surface area contributed by atoms with Crippen molar-refractivity contribution in [3.05, 3.63) is 24.5 Å². The Labute approximate surface area is 124 Å². The van der Waals surface area contributed by atoms with Crippen LogP contribution in [0.15, 0.2) is 18.7 Å².